The first kappa shape index (κ1) is 20.0. The second-order valence-electron chi connectivity index (χ2n) is 4.20. The summed E-state index contributed by atoms with van der Waals surface area (Å²) < 4.78 is 24.1. The highest BCUT2D eigenvalue weighted by Gasteiger charge is 2.19. The molecule has 0 bridgehead atoms. The maximum Gasteiger partial charge on any atom is 0.238 e. The van der Waals surface area contributed by atoms with Gasteiger partial charge in [0.25, 0.3) is 0 Å². The van der Waals surface area contributed by atoms with Crippen LogP contribution in [0.1, 0.15) is 33.1 Å². The van der Waals surface area contributed by atoms with Gasteiger partial charge in [-0.2, -0.15) is 0 Å². The van der Waals surface area contributed by atoms with Crippen molar-refractivity contribution in [3.8, 4) is 0 Å². The molecule has 0 spiro atoms. The molecule has 8 heteroatoms. The number of nitrogens with one attached hydrogen (secondary N) is 2. The molecule has 0 saturated carbocycles. The van der Waals surface area contributed by atoms with Gasteiger partial charge < -0.3 is 11.1 Å². The number of halogens is 1. The topological polar surface area (TPSA) is 101 Å². The molecule has 0 aliphatic carbocycles. The van der Waals surface area contributed by atoms with Crippen LogP contribution in [0.25, 0.3) is 0 Å². The summed E-state index contributed by atoms with van der Waals surface area (Å²) in [6.07, 6.45) is 3.85. The SMILES string of the molecule is CCCCC(CN)NC(=O)C(C)NS(C)(=O)=O.Cl. The van der Waals surface area contributed by atoms with Crippen LogP contribution in [0.3, 0.4) is 0 Å². The predicted octanol–water partition coefficient (Wildman–Crippen LogP) is -0.0204. The fraction of sp³-hybridized carbons (Fsp3) is 0.900. The van der Waals surface area contributed by atoms with Crippen molar-refractivity contribution in [2.75, 3.05) is 12.8 Å². The zero-order chi connectivity index (χ0) is 13.5. The number of carbonyl (C=O) groups is 1. The number of amides is 1. The highest BCUT2D eigenvalue weighted by atomic mass is 35.5. The number of hydrogen-bond acceptors (Lipinski definition) is 4. The van der Waals surface area contributed by atoms with E-state index in [2.05, 4.69) is 17.0 Å². The molecule has 0 saturated heterocycles. The summed E-state index contributed by atoms with van der Waals surface area (Å²) >= 11 is 0. The van der Waals surface area contributed by atoms with Crippen molar-refractivity contribution >= 4 is 28.3 Å². The van der Waals surface area contributed by atoms with Crippen LogP contribution in [0, 0.1) is 0 Å². The van der Waals surface area contributed by atoms with Gasteiger partial charge in [0.15, 0.2) is 0 Å². The van der Waals surface area contributed by atoms with Crippen LogP contribution in [0.5, 0.6) is 0 Å². The highest BCUT2D eigenvalue weighted by molar-refractivity contribution is 7.88. The number of hydrogen-bond donors (Lipinski definition) is 3. The number of nitrogens with two attached hydrogens (primary N) is 1. The van der Waals surface area contributed by atoms with Gasteiger partial charge in [-0.25, -0.2) is 13.1 Å². The van der Waals surface area contributed by atoms with E-state index in [0.29, 0.717) is 6.54 Å². The average Bonchev–Trinajstić information content (AvgIpc) is 2.21. The lowest BCUT2D eigenvalue weighted by Crippen LogP contribution is -2.49. The van der Waals surface area contributed by atoms with Crippen molar-refractivity contribution in [2.24, 2.45) is 5.73 Å². The molecule has 0 aromatic heterocycles. The Labute approximate surface area is 116 Å². The Morgan fingerprint density at radius 1 is 1.39 bits per heavy atom. The molecular formula is C10H24ClN3O3S. The minimum Gasteiger partial charge on any atom is -0.351 e. The van der Waals surface area contributed by atoms with Crippen LogP contribution in [-0.4, -0.2) is 39.2 Å². The standard InChI is InChI=1S/C10H23N3O3S.ClH/c1-4-5-6-9(7-11)12-10(14)8(2)13-17(3,15)16;/h8-9,13H,4-7,11H2,1-3H3,(H,12,14);1H. The van der Waals surface area contributed by atoms with Crippen molar-refractivity contribution in [1.82, 2.24) is 10.0 Å². The molecule has 0 aromatic carbocycles. The Hall–Kier alpha value is -0.370. The minimum absolute atomic E-state index is 0. The second-order valence-corrected chi connectivity index (χ2v) is 5.98. The van der Waals surface area contributed by atoms with E-state index in [4.69, 9.17) is 5.73 Å². The third-order valence-electron chi connectivity index (χ3n) is 2.32. The molecule has 110 valence electrons. The van der Waals surface area contributed by atoms with E-state index in [1.165, 1.54) is 6.92 Å². The predicted molar refractivity (Wildman–Crippen MR) is 75.2 cm³/mol. The van der Waals surface area contributed by atoms with Gasteiger partial charge in [0.1, 0.15) is 0 Å². The van der Waals surface area contributed by atoms with Gasteiger partial charge in [-0.05, 0) is 13.3 Å². The summed E-state index contributed by atoms with van der Waals surface area (Å²) in [5.74, 6) is -0.345. The molecule has 0 heterocycles. The summed E-state index contributed by atoms with van der Waals surface area (Å²) in [7, 11) is -3.37. The zero-order valence-electron chi connectivity index (χ0n) is 11.1. The Kier molecular flexibility index (Phi) is 10.6. The van der Waals surface area contributed by atoms with Gasteiger partial charge in [-0.1, -0.05) is 19.8 Å². The molecule has 0 aliphatic rings. The summed E-state index contributed by atoms with van der Waals surface area (Å²) in [5.41, 5.74) is 5.54. The Morgan fingerprint density at radius 3 is 2.33 bits per heavy atom. The fourth-order valence-corrected chi connectivity index (χ4v) is 2.15. The van der Waals surface area contributed by atoms with E-state index >= 15 is 0 Å². The molecule has 0 fully saturated rings. The van der Waals surface area contributed by atoms with E-state index in [1.54, 1.807) is 0 Å². The highest BCUT2D eigenvalue weighted by Crippen LogP contribution is 2.00. The lowest BCUT2D eigenvalue weighted by atomic mass is 10.1. The summed E-state index contributed by atoms with van der Waals surface area (Å²) in [4.78, 5) is 11.7. The van der Waals surface area contributed by atoms with Crippen molar-refractivity contribution in [3.63, 3.8) is 0 Å². The molecule has 4 N–H and O–H groups in total. The quantitative estimate of drug-likeness (QED) is 0.586. The smallest absolute Gasteiger partial charge is 0.238 e. The first-order valence-electron chi connectivity index (χ1n) is 5.78. The molecule has 2 unspecified atom stereocenters. The maximum absolute atomic E-state index is 11.7. The minimum atomic E-state index is -3.37. The number of carbonyl (C=O) groups excluding carboxylic acids is 1. The fourth-order valence-electron chi connectivity index (χ4n) is 1.40. The molecule has 0 rings (SSSR count). The normalized spacial score (nSPS) is 14.4. The van der Waals surface area contributed by atoms with Crippen LogP contribution >= 0.6 is 12.4 Å². The van der Waals surface area contributed by atoms with Crippen molar-refractivity contribution in [1.29, 1.82) is 0 Å². The third-order valence-corrected chi connectivity index (χ3v) is 3.10. The average molecular weight is 302 g/mol. The first-order chi connectivity index (χ1) is 7.80. The summed E-state index contributed by atoms with van der Waals surface area (Å²) in [6.45, 7) is 3.92. The lowest BCUT2D eigenvalue weighted by Gasteiger charge is -2.19. The van der Waals surface area contributed by atoms with Gasteiger partial charge >= 0.3 is 0 Å². The molecule has 6 nitrogen and oxygen atoms in total. The summed E-state index contributed by atoms with van der Waals surface area (Å²) in [5, 5.41) is 2.73. The second kappa shape index (κ2) is 9.55. The van der Waals surface area contributed by atoms with Crippen molar-refractivity contribution < 1.29 is 13.2 Å². The molecule has 2 atom stereocenters. The maximum atomic E-state index is 11.7. The van der Waals surface area contributed by atoms with Gasteiger partial charge in [0.05, 0.1) is 12.3 Å². The van der Waals surface area contributed by atoms with E-state index in [1.807, 2.05) is 0 Å². The van der Waals surface area contributed by atoms with Crippen molar-refractivity contribution in [2.45, 2.75) is 45.2 Å². The van der Waals surface area contributed by atoms with Crippen molar-refractivity contribution in [3.05, 3.63) is 0 Å². The zero-order valence-corrected chi connectivity index (χ0v) is 12.7. The van der Waals surface area contributed by atoms with Crippen LogP contribution < -0.4 is 15.8 Å². The van der Waals surface area contributed by atoms with Crippen LogP contribution in [0.15, 0.2) is 0 Å². The lowest BCUT2D eigenvalue weighted by molar-refractivity contribution is -0.123. The van der Waals surface area contributed by atoms with Gasteiger partial charge in [-0.3, -0.25) is 4.79 Å². The number of rotatable bonds is 8. The monoisotopic (exact) mass is 301 g/mol. The number of unbranched alkanes of at least 4 members (excludes halogenated alkanes) is 1. The van der Waals surface area contributed by atoms with Crippen LogP contribution in [-0.2, 0) is 14.8 Å². The van der Waals surface area contributed by atoms with Crippen LogP contribution in [0.4, 0.5) is 0 Å². The molecule has 0 aromatic rings. The Morgan fingerprint density at radius 2 is 1.94 bits per heavy atom. The third kappa shape index (κ3) is 9.64. The number of sulfonamides is 1. The Bertz CT molecular complexity index is 335. The van der Waals surface area contributed by atoms with E-state index in [9.17, 15) is 13.2 Å². The molecular weight excluding hydrogens is 278 g/mol. The van der Waals surface area contributed by atoms with Gasteiger partial charge in [0.2, 0.25) is 15.9 Å². The first-order valence-corrected chi connectivity index (χ1v) is 7.67. The van der Waals surface area contributed by atoms with Crippen LogP contribution in [0.2, 0.25) is 0 Å². The molecule has 0 aliphatic heterocycles. The Balaban J connectivity index is 0. The molecule has 1 amide bonds. The van der Waals surface area contributed by atoms with E-state index in [0.717, 1.165) is 25.5 Å². The molecule has 18 heavy (non-hydrogen) atoms. The summed E-state index contributed by atoms with van der Waals surface area (Å²) in [6, 6.07) is -0.869. The largest absolute Gasteiger partial charge is 0.351 e. The molecule has 0 radical (unpaired) electrons. The van der Waals surface area contributed by atoms with E-state index in [-0.39, 0.29) is 24.4 Å². The van der Waals surface area contributed by atoms with Gasteiger partial charge in [-0.15, -0.1) is 12.4 Å². The van der Waals surface area contributed by atoms with E-state index < -0.39 is 16.1 Å². The van der Waals surface area contributed by atoms with Gasteiger partial charge in [0, 0.05) is 12.6 Å².